The van der Waals surface area contributed by atoms with E-state index in [9.17, 15) is 4.79 Å². The topological polar surface area (TPSA) is 45.5 Å². The molecule has 1 aromatic rings. The highest BCUT2D eigenvalue weighted by Crippen LogP contribution is 2.23. The summed E-state index contributed by atoms with van der Waals surface area (Å²) in [7, 11) is 0. The van der Waals surface area contributed by atoms with Gasteiger partial charge in [-0.05, 0) is 6.07 Å². The predicted molar refractivity (Wildman–Crippen MR) is 69.0 cm³/mol. The van der Waals surface area contributed by atoms with Crippen molar-refractivity contribution in [3.63, 3.8) is 0 Å². The average Bonchev–Trinajstić information content (AvgIpc) is 2.84. The molecule has 1 atom stereocenters. The Bertz CT molecular complexity index is 347. The van der Waals surface area contributed by atoms with E-state index in [0.29, 0.717) is 6.54 Å². The van der Waals surface area contributed by atoms with E-state index in [0.717, 1.165) is 30.2 Å². The van der Waals surface area contributed by atoms with Gasteiger partial charge in [0.25, 0.3) is 0 Å². The second-order valence-corrected chi connectivity index (χ2v) is 5.38. The normalized spacial score (nSPS) is 18.9. The molecular weight excluding hydrogens is 236 g/mol. The van der Waals surface area contributed by atoms with Crippen LogP contribution in [0.25, 0.3) is 0 Å². The van der Waals surface area contributed by atoms with E-state index in [1.807, 2.05) is 17.8 Å². The Morgan fingerprint density at radius 2 is 2.35 bits per heavy atom. The van der Waals surface area contributed by atoms with Gasteiger partial charge >= 0.3 is 0 Å². The number of hydrogen-bond donors (Lipinski definition) is 1. The van der Waals surface area contributed by atoms with Gasteiger partial charge in [0, 0.05) is 43.6 Å². The third-order valence-electron chi connectivity index (χ3n) is 2.96. The van der Waals surface area contributed by atoms with Gasteiger partial charge in [-0.25, -0.2) is 0 Å². The molecule has 1 aromatic heterocycles. The first kappa shape index (κ1) is 12.5. The van der Waals surface area contributed by atoms with Crippen LogP contribution in [-0.4, -0.2) is 41.9 Å². The SMILES string of the molecule is CC(=O)NC[C@@H](c1ccoc1)N1CCSCC1. The van der Waals surface area contributed by atoms with Crippen LogP contribution in [0.15, 0.2) is 23.0 Å². The molecule has 1 amide bonds. The van der Waals surface area contributed by atoms with Crippen LogP contribution in [-0.2, 0) is 4.79 Å². The minimum absolute atomic E-state index is 0.0184. The second kappa shape index (κ2) is 6.12. The fourth-order valence-electron chi connectivity index (χ4n) is 2.05. The molecule has 0 saturated carbocycles. The molecule has 2 rings (SSSR count). The number of thioether (sulfide) groups is 1. The molecule has 94 valence electrons. The fraction of sp³-hybridized carbons (Fsp3) is 0.583. The molecule has 5 heteroatoms. The van der Waals surface area contributed by atoms with Crippen molar-refractivity contribution in [1.82, 2.24) is 10.2 Å². The average molecular weight is 254 g/mol. The summed E-state index contributed by atoms with van der Waals surface area (Å²) in [5.74, 6) is 2.34. The standard InChI is InChI=1S/C12H18N2O2S/c1-10(15)13-8-12(11-2-5-16-9-11)14-3-6-17-7-4-14/h2,5,9,12H,3-4,6-8H2,1H3,(H,13,15)/t12-/m0/s1. The number of carbonyl (C=O) groups is 1. The lowest BCUT2D eigenvalue weighted by Gasteiger charge is -2.33. The van der Waals surface area contributed by atoms with Crippen molar-refractivity contribution in [1.29, 1.82) is 0 Å². The van der Waals surface area contributed by atoms with Crippen molar-refractivity contribution in [2.45, 2.75) is 13.0 Å². The van der Waals surface area contributed by atoms with Crippen LogP contribution in [0.2, 0.25) is 0 Å². The summed E-state index contributed by atoms with van der Waals surface area (Å²) in [5, 5.41) is 2.90. The van der Waals surface area contributed by atoms with Gasteiger partial charge in [-0.2, -0.15) is 11.8 Å². The predicted octanol–water partition coefficient (Wildman–Crippen LogP) is 1.51. The molecular formula is C12H18N2O2S. The van der Waals surface area contributed by atoms with Crippen molar-refractivity contribution in [2.24, 2.45) is 0 Å². The van der Waals surface area contributed by atoms with E-state index in [2.05, 4.69) is 10.2 Å². The van der Waals surface area contributed by atoms with Crippen LogP contribution < -0.4 is 5.32 Å². The minimum Gasteiger partial charge on any atom is -0.472 e. The molecule has 1 saturated heterocycles. The van der Waals surface area contributed by atoms with E-state index >= 15 is 0 Å². The molecule has 17 heavy (non-hydrogen) atoms. The maximum Gasteiger partial charge on any atom is 0.216 e. The Morgan fingerprint density at radius 3 is 2.94 bits per heavy atom. The number of rotatable bonds is 4. The van der Waals surface area contributed by atoms with Crippen molar-refractivity contribution in [2.75, 3.05) is 31.1 Å². The summed E-state index contributed by atoms with van der Waals surface area (Å²) in [4.78, 5) is 13.5. The molecule has 0 unspecified atom stereocenters. The van der Waals surface area contributed by atoms with Gasteiger partial charge in [-0.1, -0.05) is 0 Å². The highest BCUT2D eigenvalue weighted by molar-refractivity contribution is 7.99. The largest absolute Gasteiger partial charge is 0.472 e. The maximum atomic E-state index is 11.0. The number of hydrogen-bond acceptors (Lipinski definition) is 4. The van der Waals surface area contributed by atoms with Crippen molar-refractivity contribution >= 4 is 17.7 Å². The monoisotopic (exact) mass is 254 g/mol. The highest BCUT2D eigenvalue weighted by atomic mass is 32.2. The van der Waals surface area contributed by atoms with Crippen LogP contribution in [0.1, 0.15) is 18.5 Å². The van der Waals surface area contributed by atoms with E-state index in [-0.39, 0.29) is 11.9 Å². The third kappa shape index (κ3) is 3.51. The lowest BCUT2D eigenvalue weighted by Crippen LogP contribution is -2.41. The van der Waals surface area contributed by atoms with Crippen LogP contribution in [0, 0.1) is 0 Å². The van der Waals surface area contributed by atoms with Crippen LogP contribution in [0.4, 0.5) is 0 Å². The maximum absolute atomic E-state index is 11.0. The summed E-state index contributed by atoms with van der Waals surface area (Å²) in [5.41, 5.74) is 1.14. The van der Waals surface area contributed by atoms with Gasteiger partial charge in [-0.15, -0.1) is 0 Å². The fourth-order valence-corrected chi connectivity index (χ4v) is 2.98. The van der Waals surface area contributed by atoms with E-state index in [4.69, 9.17) is 4.42 Å². The smallest absolute Gasteiger partial charge is 0.216 e. The number of amides is 1. The molecule has 0 spiro atoms. The Hall–Kier alpha value is -0.940. The Balaban J connectivity index is 2.03. The molecule has 0 bridgehead atoms. The Kier molecular flexibility index (Phi) is 4.50. The van der Waals surface area contributed by atoms with Crippen LogP contribution >= 0.6 is 11.8 Å². The molecule has 4 nitrogen and oxygen atoms in total. The molecule has 1 aliphatic rings. The number of nitrogens with zero attached hydrogens (tertiary/aromatic N) is 1. The van der Waals surface area contributed by atoms with Gasteiger partial charge in [0.15, 0.2) is 0 Å². The molecule has 1 N–H and O–H groups in total. The molecule has 0 aromatic carbocycles. The van der Waals surface area contributed by atoms with E-state index in [1.165, 1.54) is 0 Å². The zero-order valence-corrected chi connectivity index (χ0v) is 10.8. The summed E-state index contributed by atoms with van der Waals surface area (Å²) < 4.78 is 5.15. The number of nitrogens with one attached hydrogen (secondary N) is 1. The summed E-state index contributed by atoms with van der Waals surface area (Å²) in [6.07, 6.45) is 3.46. The number of furan rings is 1. The summed E-state index contributed by atoms with van der Waals surface area (Å²) in [6, 6.07) is 2.22. The first-order chi connectivity index (χ1) is 8.27. The number of carbonyl (C=O) groups excluding carboxylic acids is 1. The zero-order valence-electron chi connectivity index (χ0n) is 10.0. The van der Waals surface area contributed by atoms with Gasteiger partial charge in [-0.3, -0.25) is 9.69 Å². The Labute approximate surface area is 106 Å². The molecule has 0 aliphatic carbocycles. The van der Waals surface area contributed by atoms with E-state index in [1.54, 1.807) is 19.5 Å². The second-order valence-electron chi connectivity index (χ2n) is 4.16. The van der Waals surface area contributed by atoms with Crippen LogP contribution in [0.3, 0.4) is 0 Å². The quantitative estimate of drug-likeness (QED) is 0.884. The Morgan fingerprint density at radius 1 is 1.59 bits per heavy atom. The van der Waals surface area contributed by atoms with Crippen LogP contribution in [0.5, 0.6) is 0 Å². The van der Waals surface area contributed by atoms with Crippen molar-refractivity contribution < 1.29 is 9.21 Å². The zero-order chi connectivity index (χ0) is 12.1. The van der Waals surface area contributed by atoms with Crippen molar-refractivity contribution in [3.05, 3.63) is 24.2 Å². The van der Waals surface area contributed by atoms with Gasteiger partial charge in [0.05, 0.1) is 18.6 Å². The minimum atomic E-state index is 0.0184. The van der Waals surface area contributed by atoms with Gasteiger partial charge in [0.2, 0.25) is 5.91 Å². The first-order valence-electron chi connectivity index (χ1n) is 5.85. The highest BCUT2D eigenvalue weighted by Gasteiger charge is 2.23. The van der Waals surface area contributed by atoms with Crippen molar-refractivity contribution in [3.8, 4) is 0 Å². The summed E-state index contributed by atoms with van der Waals surface area (Å²) >= 11 is 1.99. The lowest BCUT2D eigenvalue weighted by atomic mass is 10.1. The molecule has 1 fully saturated rings. The first-order valence-corrected chi connectivity index (χ1v) is 7.01. The molecule has 2 heterocycles. The summed E-state index contributed by atoms with van der Waals surface area (Å²) in [6.45, 7) is 4.35. The van der Waals surface area contributed by atoms with Gasteiger partial charge < -0.3 is 9.73 Å². The molecule has 0 radical (unpaired) electrons. The molecule has 1 aliphatic heterocycles. The van der Waals surface area contributed by atoms with E-state index < -0.39 is 0 Å². The lowest BCUT2D eigenvalue weighted by molar-refractivity contribution is -0.119. The third-order valence-corrected chi connectivity index (χ3v) is 3.90. The van der Waals surface area contributed by atoms with Gasteiger partial charge in [0.1, 0.15) is 0 Å².